The molecule has 1 unspecified atom stereocenters. The predicted molar refractivity (Wildman–Crippen MR) is 209 cm³/mol. The Balaban J connectivity index is 1.27. The third-order valence-electron chi connectivity index (χ3n) is 11.8. The van der Waals surface area contributed by atoms with E-state index in [0.717, 1.165) is 62.6 Å². The minimum atomic E-state index is -0.543. The predicted octanol–water partition coefficient (Wildman–Crippen LogP) is 9.32. The van der Waals surface area contributed by atoms with E-state index >= 15 is 4.39 Å². The van der Waals surface area contributed by atoms with E-state index < -0.39 is 11.7 Å². The zero-order valence-corrected chi connectivity index (χ0v) is 32.4. The maximum absolute atomic E-state index is 15.8. The van der Waals surface area contributed by atoms with Crippen molar-refractivity contribution in [2.24, 2.45) is 13.0 Å². The number of nitrogens with one attached hydrogen (secondary N) is 2. The number of aromatic nitrogens is 2. The molecule has 2 aromatic heterocycles. The smallest absolute Gasteiger partial charge is 0.263 e. The molecule has 2 amide bonds. The van der Waals surface area contributed by atoms with E-state index in [4.69, 9.17) is 21.3 Å². The highest BCUT2D eigenvalue weighted by atomic mass is 35.5. The molecule has 4 aromatic rings. The third-order valence-corrected chi connectivity index (χ3v) is 12.2. The van der Waals surface area contributed by atoms with Crippen LogP contribution in [0.5, 0.6) is 5.88 Å². The van der Waals surface area contributed by atoms with Crippen molar-refractivity contribution >= 4 is 29.1 Å². The first kappa shape index (κ1) is 38.2. The van der Waals surface area contributed by atoms with Crippen molar-refractivity contribution in [2.75, 3.05) is 12.4 Å². The van der Waals surface area contributed by atoms with Gasteiger partial charge in [0.1, 0.15) is 11.4 Å². The summed E-state index contributed by atoms with van der Waals surface area (Å²) in [5, 5.41) is 6.33. The van der Waals surface area contributed by atoms with Gasteiger partial charge in [-0.1, -0.05) is 50.9 Å². The Hall–Kier alpha value is -4.50. The van der Waals surface area contributed by atoms with Crippen molar-refractivity contribution in [3.8, 4) is 28.3 Å². The molecule has 1 aliphatic heterocycles. The van der Waals surface area contributed by atoms with Crippen LogP contribution in [0.4, 0.5) is 10.1 Å². The van der Waals surface area contributed by atoms with Gasteiger partial charge in [0.15, 0.2) is 0 Å². The third kappa shape index (κ3) is 7.50. The summed E-state index contributed by atoms with van der Waals surface area (Å²) in [6, 6.07) is 13.6. The second-order valence-electron chi connectivity index (χ2n) is 14.7. The number of halogens is 2. The molecule has 2 N–H and O–H groups in total. The number of pyridine rings is 2. The maximum atomic E-state index is 15.8. The zero-order chi connectivity index (χ0) is 38.0. The van der Waals surface area contributed by atoms with E-state index in [2.05, 4.69) is 30.5 Å². The minimum absolute atomic E-state index is 0.0220. The lowest BCUT2D eigenvalue weighted by Crippen LogP contribution is -2.41. The molecular formula is C43H50ClFN4O4. The van der Waals surface area contributed by atoms with Crippen LogP contribution in [0.2, 0.25) is 5.02 Å². The highest BCUT2D eigenvalue weighted by Crippen LogP contribution is 2.47. The molecular weight excluding hydrogens is 691 g/mol. The van der Waals surface area contributed by atoms with Gasteiger partial charge in [-0.15, -0.1) is 0 Å². The van der Waals surface area contributed by atoms with Gasteiger partial charge in [-0.25, -0.2) is 9.37 Å². The number of nitrogens with zero attached hydrogens (tertiary/aromatic N) is 2. The molecule has 3 heterocycles. The number of fused-ring (bicyclic) bond motifs is 1. The van der Waals surface area contributed by atoms with E-state index in [9.17, 15) is 14.4 Å². The number of rotatable bonds is 13. The maximum Gasteiger partial charge on any atom is 0.263 e. The molecule has 3 atom stereocenters. The summed E-state index contributed by atoms with van der Waals surface area (Å²) in [6.45, 7) is 8.15. The van der Waals surface area contributed by atoms with E-state index in [1.807, 2.05) is 6.92 Å². The van der Waals surface area contributed by atoms with Gasteiger partial charge in [-0.2, -0.15) is 0 Å². The molecule has 0 spiro atoms. The SMILES string of the molecule is CCc1ccc(C(=O)Nc2cccc(-c3c(F)ccc(-c4cc5c(c(OC)n4)[C@@H](CC(CC)CC[C@]4(CC)CCC(=O)N4)CC5)c3Cl)c2C)c(=O)n1C. The largest absolute Gasteiger partial charge is 0.481 e. The zero-order valence-electron chi connectivity index (χ0n) is 31.6. The van der Waals surface area contributed by atoms with Crippen LogP contribution < -0.4 is 20.9 Å². The molecule has 0 saturated carbocycles. The summed E-state index contributed by atoms with van der Waals surface area (Å²) < 4.78 is 23.2. The van der Waals surface area contributed by atoms with Crippen molar-refractivity contribution in [1.82, 2.24) is 14.9 Å². The summed E-state index contributed by atoms with van der Waals surface area (Å²) in [5.41, 5.74) is 5.65. The van der Waals surface area contributed by atoms with Crippen LogP contribution in [-0.2, 0) is 24.7 Å². The highest BCUT2D eigenvalue weighted by Gasteiger charge is 2.37. The van der Waals surface area contributed by atoms with Gasteiger partial charge in [0.25, 0.3) is 11.5 Å². The molecule has 8 nitrogen and oxygen atoms in total. The fourth-order valence-electron chi connectivity index (χ4n) is 8.43. The van der Waals surface area contributed by atoms with Crippen LogP contribution in [0.3, 0.4) is 0 Å². The Kier molecular flexibility index (Phi) is 11.4. The summed E-state index contributed by atoms with van der Waals surface area (Å²) in [5.74, 6) is 0.520. The Labute approximate surface area is 316 Å². The van der Waals surface area contributed by atoms with Crippen molar-refractivity contribution in [3.63, 3.8) is 0 Å². The number of benzene rings is 2. The fourth-order valence-corrected chi connectivity index (χ4v) is 8.79. The van der Waals surface area contributed by atoms with Crippen molar-refractivity contribution < 1.29 is 18.7 Å². The minimum Gasteiger partial charge on any atom is -0.481 e. The Morgan fingerprint density at radius 2 is 1.92 bits per heavy atom. The van der Waals surface area contributed by atoms with Gasteiger partial charge >= 0.3 is 0 Å². The molecule has 10 heteroatoms. The van der Waals surface area contributed by atoms with E-state index in [0.29, 0.717) is 58.6 Å². The lowest BCUT2D eigenvalue weighted by molar-refractivity contribution is -0.119. The van der Waals surface area contributed by atoms with Crippen LogP contribution in [0.1, 0.15) is 111 Å². The molecule has 0 radical (unpaired) electrons. The highest BCUT2D eigenvalue weighted by molar-refractivity contribution is 6.36. The monoisotopic (exact) mass is 740 g/mol. The van der Waals surface area contributed by atoms with Gasteiger partial charge in [-0.3, -0.25) is 14.4 Å². The molecule has 1 aliphatic carbocycles. The van der Waals surface area contributed by atoms with Gasteiger partial charge in [0, 0.05) is 47.1 Å². The first-order valence-electron chi connectivity index (χ1n) is 18.9. The van der Waals surface area contributed by atoms with Crippen LogP contribution >= 0.6 is 11.6 Å². The summed E-state index contributed by atoms with van der Waals surface area (Å²) in [7, 11) is 3.29. The molecule has 6 rings (SSSR count). The topological polar surface area (TPSA) is 102 Å². The second kappa shape index (κ2) is 15.8. The number of amides is 2. The molecule has 1 fully saturated rings. The van der Waals surface area contributed by atoms with Crippen LogP contribution in [0.25, 0.3) is 22.4 Å². The van der Waals surface area contributed by atoms with Crippen LogP contribution in [0.15, 0.2) is 53.3 Å². The Morgan fingerprint density at radius 3 is 2.60 bits per heavy atom. The first-order chi connectivity index (χ1) is 25.4. The van der Waals surface area contributed by atoms with Crippen molar-refractivity contribution in [1.29, 1.82) is 0 Å². The number of carbonyl (C=O) groups is 2. The molecule has 2 aliphatic rings. The molecule has 0 bridgehead atoms. The van der Waals surface area contributed by atoms with Gasteiger partial charge in [0.2, 0.25) is 11.8 Å². The first-order valence-corrected chi connectivity index (χ1v) is 19.3. The fraction of sp³-hybridized carbons (Fsp3) is 0.442. The van der Waals surface area contributed by atoms with Crippen LogP contribution in [0, 0.1) is 18.7 Å². The van der Waals surface area contributed by atoms with Gasteiger partial charge < -0.3 is 19.9 Å². The second-order valence-corrected chi connectivity index (χ2v) is 15.1. The summed E-state index contributed by atoms with van der Waals surface area (Å²) >= 11 is 7.08. The van der Waals surface area contributed by atoms with Gasteiger partial charge in [-0.05, 0) is 123 Å². The van der Waals surface area contributed by atoms with Crippen LogP contribution in [-0.4, -0.2) is 34.0 Å². The Bertz CT molecular complexity index is 2110. The average molecular weight is 741 g/mol. The van der Waals surface area contributed by atoms with E-state index in [1.54, 1.807) is 57.5 Å². The summed E-state index contributed by atoms with van der Waals surface area (Å²) in [4.78, 5) is 43.2. The Morgan fingerprint density at radius 1 is 1.13 bits per heavy atom. The molecule has 280 valence electrons. The van der Waals surface area contributed by atoms with Crippen molar-refractivity contribution in [3.05, 3.63) is 97.7 Å². The van der Waals surface area contributed by atoms with E-state index in [1.165, 1.54) is 16.2 Å². The lowest BCUT2D eigenvalue weighted by Gasteiger charge is -2.30. The quantitative estimate of drug-likeness (QED) is 0.142. The number of hydrogen-bond donors (Lipinski definition) is 2. The van der Waals surface area contributed by atoms with Crippen molar-refractivity contribution in [2.45, 2.75) is 103 Å². The number of carbonyl (C=O) groups excluding carboxylic acids is 2. The number of hydrogen-bond acceptors (Lipinski definition) is 5. The summed E-state index contributed by atoms with van der Waals surface area (Å²) in [6.07, 6.45) is 9.18. The lowest BCUT2D eigenvalue weighted by atomic mass is 9.81. The normalized spacial score (nSPS) is 18.5. The number of anilines is 1. The van der Waals surface area contributed by atoms with Gasteiger partial charge in [0.05, 0.1) is 17.8 Å². The molecule has 2 aromatic carbocycles. The number of aryl methyl sites for hydroxylation is 2. The molecule has 1 saturated heterocycles. The number of methoxy groups -OCH3 is 1. The van der Waals surface area contributed by atoms with E-state index in [-0.39, 0.29) is 33.2 Å². The standard InChI is InChI=1S/C43H50ClFN4O4/c1-7-26(19-21-43(9-3)22-20-36(50)48-43)23-27-13-14-28-24-35(47-41(53-6)37(27)28)31-17-18-33(45)38(39(31)44)30-11-10-12-34(25(30)4)46-40(51)32-16-15-29(8-2)49(5)42(32)52/h10-12,15-18,24,26-27H,7-9,13-14,19-23H2,1-6H3,(H,46,51)(H,48,50)/t26?,27-,43-/m1/s1. The number of ether oxygens (including phenoxy) is 1. The molecule has 53 heavy (non-hydrogen) atoms. The average Bonchev–Trinajstić information content (AvgIpc) is 3.75.